The molecule has 2 aliphatic heterocycles. The molecule has 138 valence electrons. The number of nitrogens with zero attached hydrogens (tertiary/aromatic N) is 2. The Bertz CT molecular complexity index is 743. The Labute approximate surface area is 172 Å². The first kappa shape index (κ1) is 19.6. The van der Waals surface area contributed by atoms with Crippen molar-refractivity contribution in [2.45, 2.75) is 32.1 Å². The lowest BCUT2D eigenvalue weighted by Crippen LogP contribution is -2.36. The van der Waals surface area contributed by atoms with Gasteiger partial charge in [-0.05, 0) is 36.6 Å². The van der Waals surface area contributed by atoms with Crippen molar-refractivity contribution in [3.63, 3.8) is 0 Å². The number of rotatable bonds is 4. The average Bonchev–Trinajstić information content (AvgIpc) is 2.82. The molecule has 0 atom stereocenters. The lowest BCUT2D eigenvalue weighted by molar-refractivity contribution is -0.131. The number of halogens is 1. The summed E-state index contributed by atoms with van der Waals surface area (Å²) in [6, 6.07) is 7.77. The van der Waals surface area contributed by atoms with E-state index in [4.69, 9.17) is 12.2 Å². The van der Waals surface area contributed by atoms with Crippen LogP contribution in [-0.4, -0.2) is 45.6 Å². The van der Waals surface area contributed by atoms with E-state index in [1.165, 1.54) is 24.6 Å². The van der Waals surface area contributed by atoms with Gasteiger partial charge >= 0.3 is 0 Å². The van der Waals surface area contributed by atoms with Crippen molar-refractivity contribution in [2.24, 2.45) is 0 Å². The minimum Gasteiger partial charge on any atom is -0.343 e. The molecule has 3 rings (SSSR count). The maximum atomic E-state index is 12.7. The van der Waals surface area contributed by atoms with Gasteiger partial charge in [0.1, 0.15) is 4.32 Å². The first-order chi connectivity index (χ1) is 12.5. The lowest BCUT2D eigenvalue weighted by atomic mass is 10.2. The van der Waals surface area contributed by atoms with E-state index in [-0.39, 0.29) is 11.8 Å². The van der Waals surface area contributed by atoms with Crippen LogP contribution >= 0.6 is 39.9 Å². The van der Waals surface area contributed by atoms with Crippen LogP contribution in [0.5, 0.6) is 0 Å². The molecule has 2 amide bonds. The Morgan fingerprint density at radius 3 is 2.65 bits per heavy atom. The fraction of sp³-hybridized carbons (Fsp3) is 0.421. The summed E-state index contributed by atoms with van der Waals surface area (Å²) in [5.41, 5.74) is 0.945. The van der Waals surface area contributed by atoms with E-state index in [0.717, 1.165) is 36.0 Å². The second-order valence-corrected chi connectivity index (χ2v) is 9.02. The van der Waals surface area contributed by atoms with Crippen LogP contribution in [0.2, 0.25) is 0 Å². The SMILES string of the molecule is O=C(CCN1C(=O)C(=Cc2cccc(Br)c2)SC1=S)N1CCCCCC1. The number of likely N-dealkylation sites (tertiary alicyclic amines) is 1. The molecule has 4 nitrogen and oxygen atoms in total. The molecule has 0 spiro atoms. The quantitative estimate of drug-likeness (QED) is 0.499. The van der Waals surface area contributed by atoms with Crippen molar-refractivity contribution in [2.75, 3.05) is 19.6 Å². The summed E-state index contributed by atoms with van der Waals surface area (Å²) >= 11 is 10.1. The minimum absolute atomic E-state index is 0.108. The first-order valence-electron chi connectivity index (χ1n) is 8.83. The van der Waals surface area contributed by atoms with Gasteiger partial charge in [0, 0.05) is 30.5 Å². The second kappa shape index (κ2) is 9.15. The molecule has 0 unspecified atom stereocenters. The summed E-state index contributed by atoms with van der Waals surface area (Å²) in [7, 11) is 0. The van der Waals surface area contributed by atoms with Gasteiger partial charge in [0.15, 0.2) is 0 Å². The van der Waals surface area contributed by atoms with E-state index >= 15 is 0 Å². The van der Waals surface area contributed by atoms with Crippen molar-refractivity contribution in [1.82, 2.24) is 9.80 Å². The predicted octanol–water partition coefficient (Wildman–Crippen LogP) is 4.44. The molecule has 0 aromatic heterocycles. The second-order valence-electron chi connectivity index (χ2n) is 6.43. The van der Waals surface area contributed by atoms with Crippen molar-refractivity contribution < 1.29 is 9.59 Å². The molecule has 2 heterocycles. The zero-order valence-corrected chi connectivity index (χ0v) is 17.7. The van der Waals surface area contributed by atoms with E-state index in [1.54, 1.807) is 4.90 Å². The van der Waals surface area contributed by atoms with Crippen LogP contribution in [0.4, 0.5) is 0 Å². The molecular formula is C19H21BrN2O2S2. The van der Waals surface area contributed by atoms with Crippen molar-refractivity contribution in [3.8, 4) is 0 Å². The number of thiocarbonyl (C=S) groups is 1. The van der Waals surface area contributed by atoms with E-state index < -0.39 is 0 Å². The van der Waals surface area contributed by atoms with Gasteiger partial charge in [0.05, 0.1) is 4.91 Å². The van der Waals surface area contributed by atoms with Crippen molar-refractivity contribution >= 4 is 62.1 Å². The molecule has 1 aromatic carbocycles. The van der Waals surface area contributed by atoms with Crippen LogP contribution in [0.25, 0.3) is 6.08 Å². The first-order valence-corrected chi connectivity index (χ1v) is 10.8. The highest BCUT2D eigenvalue weighted by Gasteiger charge is 2.32. The normalized spacial score (nSPS) is 20.0. The molecule has 26 heavy (non-hydrogen) atoms. The molecule has 0 saturated carbocycles. The van der Waals surface area contributed by atoms with Gasteiger partial charge in [0.25, 0.3) is 5.91 Å². The summed E-state index contributed by atoms with van der Waals surface area (Å²) in [6.45, 7) is 2.02. The van der Waals surface area contributed by atoms with Gasteiger partial charge in [-0.3, -0.25) is 14.5 Å². The Hall–Kier alpha value is -1.18. The van der Waals surface area contributed by atoms with Gasteiger partial charge < -0.3 is 4.90 Å². The minimum atomic E-state index is -0.108. The molecule has 0 aliphatic carbocycles. The van der Waals surface area contributed by atoms with Gasteiger partial charge in [-0.2, -0.15) is 0 Å². The van der Waals surface area contributed by atoms with Gasteiger partial charge in [-0.15, -0.1) is 0 Å². The third kappa shape index (κ3) is 4.96. The monoisotopic (exact) mass is 452 g/mol. The fourth-order valence-corrected chi connectivity index (χ4v) is 4.85. The molecule has 2 saturated heterocycles. The molecule has 2 fully saturated rings. The molecule has 0 radical (unpaired) electrons. The maximum Gasteiger partial charge on any atom is 0.266 e. The van der Waals surface area contributed by atoms with Crippen LogP contribution < -0.4 is 0 Å². The van der Waals surface area contributed by atoms with E-state index in [2.05, 4.69) is 15.9 Å². The standard InChI is InChI=1S/C19H21BrN2O2S2/c20-15-7-5-6-14(12-15)13-16-18(24)22(19(25)26-16)11-8-17(23)21-9-3-1-2-4-10-21/h5-7,12-13H,1-4,8-11H2. The molecule has 7 heteroatoms. The summed E-state index contributed by atoms with van der Waals surface area (Å²) in [4.78, 5) is 29.2. The number of thioether (sulfide) groups is 1. The Balaban J connectivity index is 1.61. The van der Waals surface area contributed by atoms with Crippen LogP contribution in [0.15, 0.2) is 33.6 Å². The van der Waals surface area contributed by atoms with Crippen LogP contribution in [0, 0.1) is 0 Å². The van der Waals surface area contributed by atoms with Crippen molar-refractivity contribution in [1.29, 1.82) is 0 Å². The van der Waals surface area contributed by atoms with Gasteiger partial charge in [-0.25, -0.2) is 0 Å². The van der Waals surface area contributed by atoms with E-state index in [9.17, 15) is 9.59 Å². The largest absolute Gasteiger partial charge is 0.343 e. The number of benzene rings is 1. The van der Waals surface area contributed by atoms with Gasteiger partial charge in [-0.1, -0.05) is 64.9 Å². The number of carbonyl (C=O) groups excluding carboxylic acids is 2. The maximum absolute atomic E-state index is 12.7. The fourth-order valence-electron chi connectivity index (χ4n) is 3.13. The zero-order chi connectivity index (χ0) is 18.5. The van der Waals surface area contributed by atoms with E-state index in [0.29, 0.717) is 22.2 Å². The summed E-state index contributed by atoms with van der Waals surface area (Å²) in [5.74, 6) is 0.0144. The smallest absolute Gasteiger partial charge is 0.266 e. The highest BCUT2D eigenvalue weighted by atomic mass is 79.9. The topological polar surface area (TPSA) is 40.6 Å². The van der Waals surface area contributed by atoms with E-state index in [1.807, 2.05) is 35.2 Å². The van der Waals surface area contributed by atoms with Crippen LogP contribution in [-0.2, 0) is 9.59 Å². The average molecular weight is 453 g/mol. The number of hydrogen-bond donors (Lipinski definition) is 0. The Morgan fingerprint density at radius 2 is 1.96 bits per heavy atom. The third-order valence-corrected chi connectivity index (χ3v) is 6.40. The Morgan fingerprint density at radius 1 is 1.23 bits per heavy atom. The number of hydrogen-bond acceptors (Lipinski definition) is 4. The van der Waals surface area contributed by atoms with Crippen molar-refractivity contribution in [3.05, 3.63) is 39.2 Å². The summed E-state index contributed by atoms with van der Waals surface area (Å²) in [6.07, 6.45) is 6.71. The van der Waals surface area contributed by atoms with Crippen LogP contribution in [0.3, 0.4) is 0 Å². The number of amides is 2. The lowest BCUT2D eigenvalue weighted by Gasteiger charge is -2.22. The van der Waals surface area contributed by atoms with Crippen LogP contribution in [0.1, 0.15) is 37.7 Å². The predicted molar refractivity (Wildman–Crippen MR) is 114 cm³/mol. The highest BCUT2D eigenvalue weighted by molar-refractivity contribution is 9.10. The molecule has 1 aromatic rings. The zero-order valence-electron chi connectivity index (χ0n) is 14.4. The highest BCUT2D eigenvalue weighted by Crippen LogP contribution is 2.33. The Kier molecular flexibility index (Phi) is 6.89. The third-order valence-electron chi connectivity index (χ3n) is 4.53. The molecule has 0 bridgehead atoms. The molecular weight excluding hydrogens is 432 g/mol. The summed E-state index contributed by atoms with van der Waals surface area (Å²) in [5, 5.41) is 0. The molecule has 2 aliphatic rings. The van der Waals surface area contributed by atoms with Gasteiger partial charge in [0.2, 0.25) is 5.91 Å². The molecule has 0 N–H and O–H groups in total. The number of carbonyl (C=O) groups is 2. The summed E-state index contributed by atoms with van der Waals surface area (Å²) < 4.78 is 1.49.